The number of rotatable bonds is 5. The highest BCUT2D eigenvalue weighted by Crippen LogP contribution is 2.37. The molecule has 0 aromatic heterocycles. The number of ether oxygens (including phenoxy) is 1. The van der Waals surface area contributed by atoms with Gasteiger partial charge in [0.25, 0.3) is 11.8 Å². The number of benzene rings is 3. The standard InChI is InChI=1S/C26H23ClN2O3/c1-15-8-13-22(32-4)20(14-15)28-24-23(18-9-11-19(27)12-10-18)25(30)29(26(24)31)21-7-5-6-16(2)17(21)3/h5-14,28H,1-4H3. The first-order valence-electron chi connectivity index (χ1n) is 10.2. The number of hydrogen-bond acceptors (Lipinski definition) is 4. The summed E-state index contributed by atoms with van der Waals surface area (Å²) in [4.78, 5) is 28.5. The van der Waals surface area contributed by atoms with Gasteiger partial charge in [-0.05, 0) is 73.4 Å². The van der Waals surface area contributed by atoms with Gasteiger partial charge in [-0.25, -0.2) is 4.90 Å². The summed E-state index contributed by atoms with van der Waals surface area (Å²) in [6, 6.07) is 18.1. The van der Waals surface area contributed by atoms with Crippen LogP contribution >= 0.6 is 11.6 Å². The van der Waals surface area contributed by atoms with Crippen LogP contribution in [0.2, 0.25) is 5.02 Å². The van der Waals surface area contributed by atoms with Gasteiger partial charge >= 0.3 is 0 Å². The first kappa shape index (κ1) is 21.7. The average Bonchev–Trinajstić information content (AvgIpc) is 3.01. The van der Waals surface area contributed by atoms with E-state index >= 15 is 0 Å². The minimum atomic E-state index is -0.419. The number of nitrogens with one attached hydrogen (secondary N) is 1. The third-order valence-corrected chi connectivity index (χ3v) is 5.90. The number of nitrogens with zero attached hydrogens (tertiary/aromatic N) is 1. The van der Waals surface area contributed by atoms with Crippen molar-refractivity contribution in [1.82, 2.24) is 0 Å². The molecule has 4 rings (SSSR count). The van der Waals surface area contributed by atoms with Gasteiger partial charge in [0, 0.05) is 5.02 Å². The van der Waals surface area contributed by atoms with Crippen LogP contribution in [0.1, 0.15) is 22.3 Å². The normalized spacial score (nSPS) is 13.7. The van der Waals surface area contributed by atoms with Gasteiger partial charge in [-0.2, -0.15) is 0 Å². The average molecular weight is 447 g/mol. The molecule has 0 atom stereocenters. The van der Waals surface area contributed by atoms with E-state index in [1.165, 1.54) is 4.90 Å². The molecule has 0 spiro atoms. The number of imide groups is 1. The molecule has 162 valence electrons. The van der Waals surface area contributed by atoms with Gasteiger partial charge in [-0.1, -0.05) is 41.9 Å². The van der Waals surface area contributed by atoms with Crippen LogP contribution in [0.4, 0.5) is 11.4 Å². The zero-order valence-corrected chi connectivity index (χ0v) is 19.1. The molecular weight excluding hydrogens is 424 g/mol. The molecule has 5 nitrogen and oxygen atoms in total. The van der Waals surface area contributed by atoms with Crippen molar-refractivity contribution in [3.63, 3.8) is 0 Å². The van der Waals surface area contributed by atoms with Gasteiger partial charge in [0.2, 0.25) is 0 Å². The maximum absolute atomic E-state index is 13.6. The van der Waals surface area contributed by atoms with Gasteiger partial charge in [0.05, 0.1) is 24.1 Å². The van der Waals surface area contributed by atoms with E-state index in [4.69, 9.17) is 16.3 Å². The van der Waals surface area contributed by atoms with E-state index in [9.17, 15) is 9.59 Å². The minimum Gasteiger partial charge on any atom is -0.495 e. The Morgan fingerprint density at radius 1 is 0.906 bits per heavy atom. The molecule has 0 bridgehead atoms. The fourth-order valence-electron chi connectivity index (χ4n) is 3.78. The Balaban J connectivity index is 1.88. The molecule has 1 N–H and O–H groups in total. The molecule has 0 radical (unpaired) electrons. The molecule has 3 aromatic carbocycles. The highest BCUT2D eigenvalue weighted by atomic mass is 35.5. The number of hydrogen-bond donors (Lipinski definition) is 1. The fraction of sp³-hybridized carbons (Fsp3) is 0.154. The number of methoxy groups -OCH3 is 1. The lowest BCUT2D eigenvalue weighted by molar-refractivity contribution is -0.120. The van der Waals surface area contributed by atoms with Gasteiger partial charge in [-0.15, -0.1) is 0 Å². The molecule has 1 aliphatic heterocycles. The largest absolute Gasteiger partial charge is 0.495 e. The van der Waals surface area contributed by atoms with E-state index in [0.717, 1.165) is 16.7 Å². The summed E-state index contributed by atoms with van der Waals surface area (Å²) in [6.07, 6.45) is 0. The highest BCUT2D eigenvalue weighted by Gasteiger charge is 2.41. The molecule has 1 heterocycles. The van der Waals surface area contributed by atoms with E-state index in [0.29, 0.717) is 27.7 Å². The lowest BCUT2D eigenvalue weighted by Crippen LogP contribution is -2.33. The maximum Gasteiger partial charge on any atom is 0.282 e. The summed E-state index contributed by atoms with van der Waals surface area (Å²) in [6.45, 7) is 5.81. The van der Waals surface area contributed by atoms with Crippen molar-refractivity contribution in [2.24, 2.45) is 0 Å². The van der Waals surface area contributed by atoms with Crippen LogP contribution in [0, 0.1) is 20.8 Å². The maximum atomic E-state index is 13.6. The van der Waals surface area contributed by atoms with Crippen molar-refractivity contribution in [2.75, 3.05) is 17.3 Å². The predicted molar refractivity (Wildman–Crippen MR) is 128 cm³/mol. The van der Waals surface area contributed by atoms with Crippen molar-refractivity contribution in [3.8, 4) is 5.75 Å². The first-order chi connectivity index (χ1) is 15.3. The Morgan fingerprint density at radius 3 is 2.31 bits per heavy atom. The molecule has 0 unspecified atom stereocenters. The number of carbonyl (C=O) groups is 2. The number of halogens is 1. The molecule has 0 saturated carbocycles. The van der Waals surface area contributed by atoms with Crippen molar-refractivity contribution in [2.45, 2.75) is 20.8 Å². The molecule has 6 heteroatoms. The second kappa shape index (κ2) is 8.52. The number of amides is 2. The zero-order valence-electron chi connectivity index (χ0n) is 18.3. The van der Waals surface area contributed by atoms with Crippen LogP contribution in [0.15, 0.2) is 66.4 Å². The van der Waals surface area contributed by atoms with Crippen molar-refractivity contribution >= 4 is 40.4 Å². The molecule has 0 saturated heterocycles. The minimum absolute atomic E-state index is 0.196. The van der Waals surface area contributed by atoms with Crippen LogP contribution in [0.3, 0.4) is 0 Å². The summed E-state index contributed by atoms with van der Waals surface area (Å²) in [5.41, 5.74) is 5.13. The summed E-state index contributed by atoms with van der Waals surface area (Å²) in [7, 11) is 1.56. The van der Waals surface area contributed by atoms with E-state index < -0.39 is 5.91 Å². The SMILES string of the molecule is COc1ccc(C)cc1NC1=C(c2ccc(Cl)cc2)C(=O)N(c2cccc(C)c2C)C1=O. The smallest absolute Gasteiger partial charge is 0.282 e. The second-order valence-corrected chi connectivity index (χ2v) is 8.19. The molecule has 0 aliphatic carbocycles. The van der Waals surface area contributed by atoms with Crippen LogP contribution in [0.5, 0.6) is 5.75 Å². The van der Waals surface area contributed by atoms with Crippen molar-refractivity contribution < 1.29 is 14.3 Å². The second-order valence-electron chi connectivity index (χ2n) is 7.75. The quantitative estimate of drug-likeness (QED) is 0.513. The third-order valence-electron chi connectivity index (χ3n) is 5.65. The Kier molecular flexibility index (Phi) is 5.76. The topological polar surface area (TPSA) is 58.6 Å². The van der Waals surface area contributed by atoms with Crippen LogP contribution in [0.25, 0.3) is 5.57 Å². The van der Waals surface area contributed by atoms with E-state index in [1.54, 1.807) is 37.4 Å². The lowest BCUT2D eigenvalue weighted by atomic mass is 10.0. The Hall–Kier alpha value is -3.57. The predicted octanol–water partition coefficient (Wildman–Crippen LogP) is 5.67. The number of aryl methyl sites for hydroxylation is 2. The third kappa shape index (κ3) is 3.76. The molecule has 3 aromatic rings. The van der Waals surface area contributed by atoms with Gasteiger partial charge in [-0.3, -0.25) is 9.59 Å². The Labute approximate surface area is 192 Å². The van der Waals surface area contributed by atoms with E-state index in [-0.39, 0.29) is 17.2 Å². The molecule has 32 heavy (non-hydrogen) atoms. The molecule has 0 fully saturated rings. The molecule has 1 aliphatic rings. The van der Waals surface area contributed by atoms with Gasteiger partial charge in [0.1, 0.15) is 11.4 Å². The molecular formula is C26H23ClN2O3. The van der Waals surface area contributed by atoms with Crippen LogP contribution in [-0.2, 0) is 9.59 Å². The number of carbonyl (C=O) groups excluding carboxylic acids is 2. The molecule has 2 amide bonds. The lowest BCUT2D eigenvalue weighted by Gasteiger charge is -2.19. The van der Waals surface area contributed by atoms with E-state index in [1.807, 2.05) is 51.1 Å². The summed E-state index contributed by atoms with van der Waals surface area (Å²) in [5, 5.41) is 3.74. The fourth-order valence-corrected chi connectivity index (χ4v) is 3.91. The van der Waals surface area contributed by atoms with Crippen molar-refractivity contribution in [1.29, 1.82) is 0 Å². The number of anilines is 2. The summed E-state index contributed by atoms with van der Waals surface area (Å²) >= 11 is 6.06. The van der Waals surface area contributed by atoms with Gasteiger partial charge in [0.15, 0.2) is 0 Å². The highest BCUT2D eigenvalue weighted by molar-refractivity contribution is 6.46. The monoisotopic (exact) mass is 446 g/mol. The van der Waals surface area contributed by atoms with Crippen molar-refractivity contribution in [3.05, 3.63) is 93.6 Å². The van der Waals surface area contributed by atoms with E-state index in [2.05, 4.69) is 5.32 Å². The summed E-state index contributed by atoms with van der Waals surface area (Å²) < 4.78 is 5.46. The van der Waals surface area contributed by atoms with Crippen LogP contribution in [-0.4, -0.2) is 18.9 Å². The Bertz CT molecular complexity index is 1260. The Morgan fingerprint density at radius 2 is 1.62 bits per heavy atom. The van der Waals surface area contributed by atoms with Crippen LogP contribution < -0.4 is 15.0 Å². The van der Waals surface area contributed by atoms with Gasteiger partial charge < -0.3 is 10.1 Å². The summed E-state index contributed by atoms with van der Waals surface area (Å²) in [5.74, 6) is -0.235. The first-order valence-corrected chi connectivity index (χ1v) is 10.6. The zero-order chi connectivity index (χ0) is 23.0.